The van der Waals surface area contributed by atoms with E-state index in [1.807, 2.05) is 62.3 Å². The molecule has 92 heavy (non-hydrogen) atoms. The molecular weight excluding hydrogens is 1150 g/mol. The predicted molar refractivity (Wildman–Crippen MR) is 384 cm³/mol. The van der Waals surface area contributed by atoms with E-state index in [1.165, 1.54) is 60.3 Å². The highest BCUT2D eigenvalue weighted by molar-refractivity contribution is 5.75. The van der Waals surface area contributed by atoms with Crippen molar-refractivity contribution in [1.29, 1.82) is 0 Å². The molecule has 0 spiro atoms. The maximum atomic E-state index is 11.7. The van der Waals surface area contributed by atoms with E-state index in [9.17, 15) is 33.6 Å². The minimum atomic E-state index is -3.19. The van der Waals surface area contributed by atoms with E-state index >= 15 is 0 Å². The van der Waals surface area contributed by atoms with Crippen LogP contribution in [0.2, 0.25) is 0 Å². The van der Waals surface area contributed by atoms with Gasteiger partial charge in [-0.3, -0.25) is 19.2 Å². The quantitative estimate of drug-likeness (QED) is 0.213. The average molecular weight is 1340 g/mol. The minimum absolute atomic E-state index is 0. The number of hydrogen-bond acceptors (Lipinski definition) is 7. The molecule has 7 fully saturated rings. The molecule has 6 N–H and O–H groups in total. The highest BCUT2D eigenvalue weighted by Crippen LogP contribution is 2.39. The van der Waals surface area contributed by atoms with Crippen LogP contribution in [0.1, 0.15) is 323 Å². The van der Waals surface area contributed by atoms with Gasteiger partial charge in [-0.15, -0.1) is 0 Å². The lowest BCUT2D eigenvalue weighted by molar-refractivity contribution is -0.131. The maximum absolute atomic E-state index is 11.7. The Balaban J connectivity index is 0.00000151. The molecule has 0 aromatic carbocycles. The molecule has 2 atom stereocenters. The number of primary amides is 3. The van der Waals surface area contributed by atoms with Gasteiger partial charge in [0.15, 0.2) is 0 Å². The zero-order valence-electron chi connectivity index (χ0n) is 98.6. The number of amides is 10. The Morgan fingerprint density at radius 3 is 0.870 bits per heavy atom. The Kier molecular flexibility index (Phi) is 17.4. The van der Waals surface area contributed by atoms with Crippen molar-refractivity contribution in [2.75, 3.05) is 91.2 Å². The van der Waals surface area contributed by atoms with Gasteiger partial charge < -0.3 is 51.5 Å². The molecule has 0 aromatic rings. The Labute approximate surface area is 620 Å². The van der Waals surface area contributed by atoms with Crippen LogP contribution in [-0.2, 0) is 19.2 Å². The van der Waals surface area contributed by atoms with Gasteiger partial charge in [-0.25, -0.2) is 14.4 Å². The van der Waals surface area contributed by atoms with E-state index in [0.717, 1.165) is 28.5 Å². The predicted octanol–water partition coefficient (Wildman–Crippen LogP) is 15.3. The van der Waals surface area contributed by atoms with Gasteiger partial charge in [-0.2, -0.15) is 0 Å². The fourth-order valence-corrected chi connectivity index (χ4v) is 8.18. The monoisotopic (exact) mass is 1340 g/mol. The summed E-state index contributed by atoms with van der Waals surface area (Å²) in [6, 6.07) is -2.77. The standard InChI is InChI=1S/4C11H21NO.3C10H20N2O.CH4/c4*1-9(13)12-7-5-10(6-8-12)11(2,3)4;3*1-10(2,3)8-4-6-12(7-5-8)9(11)13;/h4*10H,5-8H2,1-4H3;3*8H,4-7H2,1-3H3,(H2,11,13);1H4/i5D2,6D2,7D2,8D2,10D;5D2,6D2,7D2,8D2;7D2,8D2;5D2,6D2;4D2,6D2,8D;4D2,5D2,8D;4D2,6D2;. The molecule has 7 aliphatic heterocycles. The fraction of sp³-hybridized carbons (Fsp3) is 0.907. The molecule has 17 nitrogen and oxygen atoms in total. The van der Waals surface area contributed by atoms with E-state index in [0.29, 0.717) is 11.3 Å². The topological polar surface area (TPSA) is 220 Å². The summed E-state index contributed by atoms with van der Waals surface area (Å²) >= 11 is 0. The summed E-state index contributed by atoms with van der Waals surface area (Å²) < 4.78 is 313. The van der Waals surface area contributed by atoms with E-state index in [1.54, 1.807) is 41.5 Å². The second-order valence-electron chi connectivity index (χ2n) is 30.2. The van der Waals surface area contributed by atoms with Crippen molar-refractivity contribution >= 4 is 41.7 Å². The Morgan fingerprint density at radius 2 is 0.543 bits per heavy atom. The second kappa shape index (κ2) is 38.4. The van der Waals surface area contributed by atoms with Crippen molar-refractivity contribution in [3.8, 4) is 0 Å². The molecule has 0 radical (unpaired) electrons. The Hall–Kier alpha value is -4.31. The van der Waals surface area contributed by atoms with Gasteiger partial charge >= 0.3 is 18.1 Å². The van der Waals surface area contributed by atoms with Crippen LogP contribution in [0.5, 0.6) is 0 Å². The molecule has 10 amide bonds. The van der Waals surface area contributed by atoms with Crippen LogP contribution >= 0.6 is 0 Å². The first-order valence-electron chi connectivity index (χ1n) is 50.3. The lowest BCUT2D eigenvalue weighted by Gasteiger charge is -2.38. The van der Waals surface area contributed by atoms with Crippen molar-refractivity contribution in [2.45, 2.75) is 270 Å². The van der Waals surface area contributed by atoms with Crippen LogP contribution in [0.15, 0.2) is 0 Å². The number of piperidine rings is 7. The number of nitrogens with zero attached hydrogens (tertiary/aromatic N) is 7. The highest BCUT2D eigenvalue weighted by atomic mass is 16.2. The first-order valence-corrected chi connectivity index (χ1v) is 30.8. The van der Waals surface area contributed by atoms with Gasteiger partial charge in [0, 0.05) is 172 Å². The highest BCUT2D eigenvalue weighted by Gasteiger charge is 2.35. The number of carbonyl (C=O) groups is 7. The largest absolute Gasteiger partial charge is 0.351 e. The van der Waals surface area contributed by atoms with Gasteiger partial charge in [0.2, 0.25) is 23.6 Å². The number of carbonyl (C=O) groups excluding carboxylic acids is 7. The lowest BCUT2D eigenvalue weighted by atomic mass is 9.75. The van der Waals surface area contributed by atoms with Crippen molar-refractivity contribution in [3.63, 3.8) is 0 Å². The maximum Gasteiger partial charge on any atom is 0.314 e. The van der Waals surface area contributed by atoms with Gasteiger partial charge in [0.25, 0.3) is 0 Å². The molecular formula is C75H148N10O7. The summed E-state index contributed by atoms with van der Waals surface area (Å²) in [7, 11) is 0. The van der Waals surface area contributed by atoms with Crippen LogP contribution in [0.4, 0.5) is 14.4 Å². The van der Waals surface area contributed by atoms with E-state index in [2.05, 4.69) is 0 Å². The normalized spacial score (nSPS) is 39.0. The second-order valence-corrected chi connectivity index (χ2v) is 30.2. The molecule has 17 heteroatoms. The van der Waals surface area contributed by atoms with Crippen molar-refractivity contribution in [1.82, 2.24) is 34.3 Å². The molecule has 540 valence electrons. The summed E-state index contributed by atoms with van der Waals surface area (Å²) in [6.45, 7) is 18.3. The summed E-state index contributed by atoms with van der Waals surface area (Å²) in [5.74, 6) is -12.2. The average Bonchev–Trinajstić information content (AvgIpc) is 0.670. The van der Waals surface area contributed by atoms with Crippen LogP contribution in [-0.4, -0.2) is 167 Å². The third-order valence-corrected chi connectivity index (χ3v) is 14.7. The number of hydrogen-bond donors (Lipinski definition) is 3. The van der Waals surface area contributed by atoms with Crippen molar-refractivity contribution < 1.29 is 87.0 Å². The molecule has 7 saturated heterocycles. The van der Waals surface area contributed by atoms with E-state index in [-0.39, 0.29) is 98.4 Å². The lowest BCUT2D eigenvalue weighted by Crippen LogP contribution is -2.43. The molecule has 7 heterocycles. The first-order chi connectivity index (χ1) is 56.0. The third kappa shape index (κ3) is 33.4. The summed E-state index contributed by atoms with van der Waals surface area (Å²) in [6.07, 6.45) is -23.4. The molecule has 7 aliphatic rings. The van der Waals surface area contributed by atoms with Crippen molar-refractivity contribution in [2.24, 2.45) is 96.5 Å². The zero-order valence-corrected chi connectivity index (χ0v) is 59.6. The summed E-state index contributed by atoms with van der Waals surface area (Å²) in [4.78, 5) is 84.1. The van der Waals surface area contributed by atoms with Crippen molar-refractivity contribution in [3.05, 3.63) is 0 Å². The molecule has 7 rings (SSSR count). The number of urea groups is 3. The van der Waals surface area contributed by atoms with Crippen LogP contribution in [0.25, 0.3) is 0 Å². The smallest absolute Gasteiger partial charge is 0.314 e. The number of rotatable bonds is 0. The van der Waals surface area contributed by atoms with Gasteiger partial charge in [0.1, 0.15) is 0 Å². The molecule has 0 aromatic heterocycles. The third-order valence-electron chi connectivity index (χ3n) is 14.7. The summed E-state index contributed by atoms with van der Waals surface area (Å²) in [5.41, 5.74) is 10.1. The van der Waals surface area contributed by atoms with Crippen LogP contribution < -0.4 is 17.2 Å². The first kappa shape index (κ1) is 41.7. The molecule has 0 saturated carbocycles. The Morgan fingerprint density at radius 1 is 0.283 bits per heavy atom. The number of nitrogens with two attached hydrogens (primary N) is 3. The van der Waals surface area contributed by atoms with E-state index < -0.39 is 214 Å². The molecule has 0 bridgehead atoms. The van der Waals surface area contributed by atoms with Gasteiger partial charge in [-0.1, -0.05) is 153 Å². The van der Waals surface area contributed by atoms with Gasteiger partial charge in [0.05, 0.1) is 0 Å². The molecule has 0 aliphatic carbocycles. The zero-order chi connectivity index (χ0) is 105. The van der Waals surface area contributed by atoms with E-state index in [4.69, 9.17) is 70.7 Å². The minimum Gasteiger partial charge on any atom is -0.351 e. The summed E-state index contributed by atoms with van der Waals surface area (Å²) in [5, 5.41) is 0. The van der Waals surface area contributed by atoms with Crippen LogP contribution in [0.3, 0.4) is 0 Å². The SMILES string of the molecule is C.[2H]C1([2H])C(C(C)(C)C)C([2H])([2H])C([2H])([2H])N(C(C)=O)C1([2H])[2H].[2H]C1([2H])C(C(C)(C)C)CCN(C(N)=O)C1([2H])[2H].[2H]C1([2H])CC(C(C)(C)C)CC([2H])([2H])N1C(C)=O.[2H]C1([2H])CN(C(C)=O)CC([2H])([2H])C1C(C)(C)C.[2H]C1([2H])CN(C(N)=O)CC([2H])([2H])C1([2H])C(C)(C)C.[2H]C1([2H])N(C(C)=O)C([2H])([2H])C([2H])([2H])C([2H])(C(C)(C)C)C1([2H])[2H].[2H]C1([2H])N(C(N)=O)CCC([2H])(C(C)(C)C)C1([2H])[2H]. The van der Waals surface area contributed by atoms with Crippen LogP contribution in [0, 0.1) is 79.3 Å². The number of likely N-dealkylation sites (tertiary alicyclic amines) is 7. The van der Waals surface area contributed by atoms with Gasteiger partial charge in [-0.05, 0) is 169 Å². The Bertz CT molecular complexity index is 3950. The fourth-order valence-electron chi connectivity index (χ4n) is 8.18. The molecule has 2 unspecified atom stereocenters.